The van der Waals surface area contributed by atoms with E-state index in [0.717, 1.165) is 29.1 Å². The van der Waals surface area contributed by atoms with E-state index in [0.29, 0.717) is 16.8 Å². The lowest BCUT2D eigenvalue weighted by Crippen LogP contribution is -2.28. The molecule has 2 heterocycles. The Bertz CT molecular complexity index is 1200. The number of ether oxygens (including phenoxy) is 2. The van der Waals surface area contributed by atoms with Crippen molar-refractivity contribution in [3.63, 3.8) is 0 Å². The first-order chi connectivity index (χ1) is 14.8. The second-order valence-corrected chi connectivity index (χ2v) is 9.88. The van der Waals surface area contributed by atoms with Gasteiger partial charge in [0.25, 0.3) is 10.0 Å². The molecule has 4 rings (SSSR count). The van der Waals surface area contributed by atoms with Crippen molar-refractivity contribution in [2.45, 2.75) is 18.4 Å². The summed E-state index contributed by atoms with van der Waals surface area (Å²) in [4.78, 5) is 6.50. The summed E-state index contributed by atoms with van der Waals surface area (Å²) >= 11 is 3.37. The summed E-state index contributed by atoms with van der Waals surface area (Å²) in [6.07, 6.45) is 1.52. The third kappa shape index (κ3) is 4.94. The van der Waals surface area contributed by atoms with E-state index in [1.165, 1.54) is 6.20 Å². The third-order valence-corrected chi connectivity index (χ3v) is 6.68. The molecule has 7 nitrogen and oxygen atoms in total. The smallest absolute Gasteiger partial charge is 0.263 e. The number of halogens is 1. The van der Waals surface area contributed by atoms with Crippen LogP contribution in [0, 0.1) is 6.92 Å². The van der Waals surface area contributed by atoms with Crippen molar-refractivity contribution in [2.24, 2.45) is 0 Å². The number of likely N-dealkylation sites (N-methyl/N-ethyl adjacent to an activating group) is 1. The summed E-state index contributed by atoms with van der Waals surface area (Å²) in [6.45, 7) is 3.61. The average Bonchev–Trinajstić information content (AvgIpc) is 2.74. The maximum absolute atomic E-state index is 12.8. The largest absolute Gasteiger partial charge is 0.490 e. The molecule has 1 aliphatic rings. The number of aromatic nitrogens is 1. The van der Waals surface area contributed by atoms with Gasteiger partial charge < -0.3 is 14.4 Å². The van der Waals surface area contributed by atoms with Crippen LogP contribution in [0.3, 0.4) is 0 Å². The van der Waals surface area contributed by atoms with Crippen LogP contribution < -0.4 is 19.1 Å². The lowest BCUT2D eigenvalue weighted by atomic mass is 10.1. The number of rotatable bonds is 6. The highest BCUT2D eigenvalue weighted by Gasteiger charge is 2.19. The molecule has 1 aromatic heterocycles. The molecule has 162 valence electrons. The Morgan fingerprint density at radius 2 is 1.97 bits per heavy atom. The van der Waals surface area contributed by atoms with Crippen LogP contribution in [0.25, 0.3) is 0 Å². The molecule has 1 aliphatic heterocycles. The van der Waals surface area contributed by atoms with Crippen molar-refractivity contribution in [3.05, 3.63) is 70.3 Å². The molecule has 0 amide bonds. The topological polar surface area (TPSA) is 80.8 Å². The number of fused-ring (bicyclic) bond motifs is 1. The van der Waals surface area contributed by atoms with E-state index < -0.39 is 10.0 Å². The monoisotopic (exact) mass is 503 g/mol. The van der Waals surface area contributed by atoms with Crippen molar-refractivity contribution < 1.29 is 17.9 Å². The van der Waals surface area contributed by atoms with E-state index >= 15 is 0 Å². The molecule has 9 heteroatoms. The number of aryl methyl sites for hydroxylation is 1. The van der Waals surface area contributed by atoms with Crippen molar-refractivity contribution in [1.82, 2.24) is 4.98 Å². The fourth-order valence-electron chi connectivity index (χ4n) is 3.16. The Balaban J connectivity index is 1.54. The zero-order valence-corrected chi connectivity index (χ0v) is 19.5. The molecule has 3 aromatic rings. The van der Waals surface area contributed by atoms with E-state index in [2.05, 4.69) is 30.5 Å². The van der Waals surface area contributed by atoms with Crippen LogP contribution in [0.5, 0.6) is 11.5 Å². The molecule has 0 saturated heterocycles. The first-order valence-corrected chi connectivity index (χ1v) is 11.9. The average molecular weight is 504 g/mol. The van der Waals surface area contributed by atoms with Crippen LogP contribution in [0.1, 0.15) is 11.1 Å². The van der Waals surface area contributed by atoms with Gasteiger partial charge in [0.05, 0.1) is 17.1 Å². The number of hydrogen-bond acceptors (Lipinski definition) is 6. The van der Waals surface area contributed by atoms with Crippen LogP contribution in [0.2, 0.25) is 0 Å². The van der Waals surface area contributed by atoms with E-state index in [9.17, 15) is 8.42 Å². The van der Waals surface area contributed by atoms with Gasteiger partial charge in [0, 0.05) is 17.7 Å². The molecule has 0 spiro atoms. The van der Waals surface area contributed by atoms with Gasteiger partial charge in [0.15, 0.2) is 11.6 Å². The number of nitrogens with one attached hydrogen (secondary N) is 1. The highest BCUT2D eigenvalue weighted by molar-refractivity contribution is 9.10. The first kappa shape index (κ1) is 21.5. The Morgan fingerprint density at radius 1 is 1.19 bits per heavy atom. The van der Waals surface area contributed by atoms with Gasteiger partial charge in [-0.1, -0.05) is 23.8 Å². The SMILES string of the molecule is Cc1ccc(S(=O)(=O)Nc2ncc(Br)cc2OCc2ccc3c(c2)OCCN3C)cc1. The predicted octanol–water partition coefficient (Wildman–Crippen LogP) is 4.36. The van der Waals surface area contributed by atoms with Crippen LogP contribution in [-0.4, -0.2) is 33.6 Å². The van der Waals surface area contributed by atoms with Crippen LogP contribution >= 0.6 is 15.9 Å². The summed E-state index contributed by atoms with van der Waals surface area (Å²) in [6, 6.07) is 14.2. The molecule has 0 radical (unpaired) electrons. The summed E-state index contributed by atoms with van der Waals surface area (Å²) in [5.41, 5.74) is 2.91. The van der Waals surface area contributed by atoms with Crippen molar-refractivity contribution in [1.29, 1.82) is 0 Å². The van der Waals surface area contributed by atoms with Crippen LogP contribution in [0.15, 0.2) is 64.1 Å². The van der Waals surface area contributed by atoms with Gasteiger partial charge in [-0.3, -0.25) is 4.72 Å². The molecular formula is C22H22BrN3O4S. The van der Waals surface area contributed by atoms with Crippen molar-refractivity contribution in [3.8, 4) is 11.5 Å². The van der Waals surface area contributed by atoms with E-state index in [-0.39, 0.29) is 17.3 Å². The standard InChI is InChI=1S/C22H22BrN3O4S/c1-15-3-6-18(7-4-15)31(27,28)25-22-21(12-17(23)13-24-22)30-14-16-5-8-19-20(11-16)29-10-9-26(19)2/h3-8,11-13H,9-10,14H2,1-2H3,(H,24,25). The highest BCUT2D eigenvalue weighted by Crippen LogP contribution is 2.33. The number of benzene rings is 2. The minimum atomic E-state index is -3.80. The minimum absolute atomic E-state index is 0.123. The molecule has 0 unspecified atom stereocenters. The molecule has 0 atom stereocenters. The molecular weight excluding hydrogens is 482 g/mol. The number of nitrogens with zero attached hydrogens (tertiary/aromatic N) is 2. The van der Waals surface area contributed by atoms with Gasteiger partial charge in [0.1, 0.15) is 19.0 Å². The fourth-order valence-corrected chi connectivity index (χ4v) is 4.49. The summed E-state index contributed by atoms with van der Waals surface area (Å²) in [7, 11) is -1.78. The molecule has 0 saturated carbocycles. The quantitative estimate of drug-likeness (QED) is 0.538. The Morgan fingerprint density at radius 3 is 2.74 bits per heavy atom. The maximum atomic E-state index is 12.8. The molecule has 0 bridgehead atoms. The second kappa shape index (κ2) is 8.76. The number of hydrogen-bond donors (Lipinski definition) is 1. The second-order valence-electron chi connectivity index (χ2n) is 7.28. The lowest BCUT2D eigenvalue weighted by Gasteiger charge is -2.28. The fraction of sp³-hybridized carbons (Fsp3) is 0.227. The van der Waals surface area contributed by atoms with E-state index in [1.807, 2.05) is 32.2 Å². The van der Waals surface area contributed by atoms with Gasteiger partial charge in [-0.05, 0) is 58.7 Å². The first-order valence-electron chi connectivity index (χ1n) is 9.66. The Hall–Kier alpha value is -2.78. The van der Waals surface area contributed by atoms with Crippen LogP contribution in [0.4, 0.5) is 11.5 Å². The number of pyridine rings is 1. The normalized spacial score (nSPS) is 13.3. The lowest BCUT2D eigenvalue weighted by molar-refractivity contribution is 0.298. The van der Waals surface area contributed by atoms with Crippen LogP contribution in [-0.2, 0) is 16.6 Å². The molecule has 0 fully saturated rings. The zero-order valence-electron chi connectivity index (χ0n) is 17.1. The number of anilines is 2. The van der Waals surface area contributed by atoms with Gasteiger partial charge in [-0.15, -0.1) is 0 Å². The highest BCUT2D eigenvalue weighted by atomic mass is 79.9. The van der Waals surface area contributed by atoms with Crippen molar-refractivity contribution in [2.75, 3.05) is 29.8 Å². The summed E-state index contributed by atoms with van der Waals surface area (Å²) in [5, 5.41) is 0. The third-order valence-electron chi connectivity index (χ3n) is 4.90. The van der Waals surface area contributed by atoms with Gasteiger partial charge in [0.2, 0.25) is 0 Å². The molecule has 2 aromatic carbocycles. The van der Waals surface area contributed by atoms with E-state index in [4.69, 9.17) is 9.47 Å². The van der Waals surface area contributed by atoms with E-state index in [1.54, 1.807) is 30.3 Å². The Kier molecular flexibility index (Phi) is 6.06. The summed E-state index contributed by atoms with van der Waals surface area (Å²) < 4.78 is 40.4. The zero-order chi connectivity index (χ0) is 22.0. The van der Waals surface area contributed by atoms with Gasteiger partial charge in [-0.25, -0.2) is 13.4 Å². The molecule has 31 heavy (non-hydrogen) atoms. The summed E-state index contributed by atoms with van der Waals surface area (Å²) in [5.74, 6) is 1.25. The Labute approximate surface area is 190 Å². The predicted molar refractivity (Wildman–Crippen MR) is 123 cm³/mol. The number of sulfonamides is 1. The van der Waals surface area contributed by atoms with Crippen molar-refractivity contribution >= 4 is 37.5 Å². The minimum Gasteiger partial charge on any atom is -0.490 e. The van der Waals surface area contributed by atoms with Gasteiger partial charge >= 0.3 is 0 Å². The maximum Gasteiger partial charge on any atom is 0.263 e. The molecule has 1 N–H and O–H groups in total. The molecule has 0 aliphatic carbocycles. The van der Waals surface area contributed by atoms with Gasteiger partial charge in [-0.2, -0.15) is 0 Å².